The highest BCUT2D eigenvalue weighted by molar-refractivity contribution is 5.92. The molecule has 1 aliphatic carbocycles. The summed E-state index contributed by atoms with van der Waals surface area (Å²) in [5.74, 6) is 0.853. The van der Waals surface area contributed by atoms with Crippen LogP contribution in [0.2, 0.25) is 0 Å². The van der Waals surface area contributed by atoms with Crippen LogP contribution in [0.5, 0.6) is 0 Å². The van der Waals surface area contributed by atoms with Crippen LogP contribution in [-0.4, -0.2) is 40.9 Å². The number of rotatable bonds is 5. The topological polar surface area (TPSA) is 101 Å². The van der Waals surface area contributed by atoms with E-state index in [0.29, 0.717) is 23.3 Å². The summed E-state index contributed by atoms with van der Waals surface area (Å²) in [6.45, 7) is 3.56. The largest absolute Gasteiger partial charge is 0.366 e. The Morgan fingerprint density at radius 3 is 2.35 bits per heavy atom. The van der Waals surface area contributed by atoms with Crippen LogP contribution in [-0.2, 0) is 4.79 Å². The van der Waals surface area contributed by atoms with E-state index >= 15 is 0 Å². The van der Waals surface area contributed by atoms with E-state index < -0.39 is 5.91 Å². The molecule has 2 fully saturated rings. The van der Waals surface area contributed by atoms with Crippen molar-refractivity contribution >= 4 is 17.8 Å². The normalized spacial score (nSPS) is 24.7. The zero-order valence-corrected chi connectivity index (χ0v) is 14.5. The number of amides is 2. The number of hydrogen-bond donors (Lipinski definition) is 2. The molecule has 1 saturated carbocycles. The zero-order valence-electron chi connectivity index (χ0n) is 14.5. The van der Waals surface area contributed by atoms with Crippen molar-refractivity contribution in [2.45, 2.75) is 18.9 Å². The Bertz CT molecular complexity index is 812. The summed E-state index contributed by atoms with van der Waals surface area (Å²) in [4.78, 5) is 34.1. The summed E-state index contributed by atoms with van der Waals surface area (Å²) < 4.78 is 0. The lowest BCUT2D eigenvalue weighted by Gasteiger charge is -2.21. The quantitative estimate of drug-likeness (QED) is 0.834. The Morgan fingerprint density at radius 2 is 1.77 bits per heavy atom. The molecule has 3 N–H and O–H groups in total. The number of hydrogen-bond acceptors (Lipinski definition) is 5. The van der Waals surface area contributed by atoms with Gasteiger partial charge in [-0.05, 0) is 12.5 Å². The first kappa shape index (κ1) is 16.5. The molecule has 4 rings (SSSR count). The molecule has 2 aliphatic rings. The third-order valence-electron chi connectivity index (χ3n) is 5.40. The molecule has 3 atom stereocenters. The molecule has 0 bridgehead atoms. The molecule has 2 amide bonds. The van der Waals surface area contributed by atoms with Crippen LogP contribution in [0.4, 0.5) is 5.95 Å². The van der Waals surface area contributed by atoms with Gasteiger partial charge in [-0.25, -0.2) is 9.97 Å². The molecular weight excluding hydrogens is 330 g/mol. The van der Waals surface area contributed by atoms with E-state index in [1.165, 1.54) is 12.4 Å². The average molecular weight is 351 g/mol. The predicted molar refractivity (Wildman–Crippen MR) is 96.5 cm³/mol. The Kier molecular flexibility index (Phi) is 4.06. The lowest BCUT2D eigenvalue weighted by atomic mass is 10.0. The van der Waals surface area contributed by atoms with Crippen LogP contribution < -0.4 is 16.0 Å². The SMILES string of the molecule is CC(C(=O)NC1C2CN(c3ncc(C(N)=O)cn3)CC21)c1ccccc1. The number of primary amides is 1. The molecule has 0 spiro atoms. The second-order valence-electron chi connectivity index (χ2n) is 7.04. The van der Waals surface area contributed by atoms with Gasteiger partial charge in [-0.3, -0.25) is 9.59 Å². The Morgan fingerprint density at radius 1 is 1.15 bits per heavy atom. The number of piperidine rings is 1. The van der Waals surface area contributed by atoms with Gasteiger partial charge >= 0.3 is 0 Å². The number of nitrogens with two attached hydrogens (primary N) is 1. The van der Waals surface area contributed by atoms with Crippen molar-refractivity contribution in [3.8, 4) is 0 Å². The van der Waals surface area contributed by atoms with Gasteiger partial charge in [-0.1, -0.05) is 30.3 Å². The van der Waals surface area contributed by atoms with E-state index in [4.69, 9.17) is 5.73 Å². The number of fused-ring (bicyclic) bond motifs is 1. The van der Waals surface area contributed by atoms with Gasteiger partial charge in [0.2, 0.25) is 11.9 Å². The van der Waals surface area contributed by atoms with Gasteiger partial charge in [0, 0.05) is 43.4 Å². The fraction of sp³-hybridized carbons (Fsp3) is 0.368. The zero-order chi connectivity index (χ0) is 18.3. The van der Waals surface area contributed by atoms with E-state index in [9.17, 15) is 9.59 Å². The van der Waals surface area contributed by atoms with Gasteiger partial charge in [-0.15, -0.1) is 0 Å². The summed E-state index contributed by atoms with van der Waals surface area (Å²) in [6.07, 6.45) is 2.91. The molecule has 134 valence electrons. The standard InChI is InChI=1S/C19H21N5O2/c1-11(12-5-3-2-4-6-12)18(26)23-16-14-9-24(10-15(14)16)19-21-7-13(8-22-19)17(20)25/h2-8,11,14-16H,9-10H2,1H3,(H2,20,25)(H,23,26). The first-order valence-electron chi connectivity index (χ1n) is 8.76. The first-order chi connectivity index (χ1) is 12.5. The predicted octanol–water partition coefficient (Wildman–Crippen LogP) is 0.930. The highest BCUT2D eigenvalue weighted by atomic mass is 16.2. The van der Waals surface area contributed by atoms with E-state index in [1.807, 2.05) is 37.3 Å². The number of benzene rings is 1. The fourth-order valence-electron chi connectivity index (χ4n) is 3.70. The molecule has 2 heterocycles. The number of carbonyl (C=O) groups excluding carboxylic acids is 2. The summed E-state index contributed by atoms with van der Waals surface area (Å²) in [6, 6.07) is 10.0. The number of nitrogens with one attached hydrogen (secondary N) is 1. The number of aromatic nitrogens is 2. The number of carbonyl (C=O) groups is 2. The lowest BCUT2D eigenvalue weighted by molar-refractivity contribution is -0.122. The van der Waals surface area contributed by atoms with Gasteiger partial charge in [0.1, 0.15) is 0 Å². The molecule has 1 aromatic carbocycles. The minimum Gasteiger partial charge on any atom is -0.366 e. The summed E-state index contributed by atoms with van der Waals surface area (Å²) >= 11 is 0. The molecule has 7 heteroatoms. The van der Waals surface area contributed by atoms with Gasteiger partial charge in [0.25, 0.3) is 5.91 Å². The van der Waals surface area contributed by atoms with Crippen LogP contribution in [0.25, 0.3) is 0 Å². The van der Waals surface area contributed by atoms with Crippen molar-refractivity contribution < 1.29 is 9.59 Å². The maximum Gasteiger partial charge on any atom is 0.251 e. The Balaban J connectivity index is 1.32. The number of nitrogens with zero attached hydrogens (tertiary/aromatic N) is 3. The third-order valence-corrected chi connectivity index (χ3v) is 5.40. The highest BCUT2D eigenvalue weighted by Crippen LogP contribution is 2.46. The number of anilines is 1. The van der Waals surface area contributed by atoms with Crippen LogP contribution in [0.3, 0.4) is 0 Å². The average Bonchev–Trinajstić information content (AvgIpc) is 3.10. The lowest BCUT2D eigenvalue weighted by Crippen LogP contribution is -2.37. The molecule has 7 nitrogen and oxygen atoms in total. The second-order valence-corrected chi connectivity index (χ2v) is 7.04. The fourth-order valence-corrected chi connectivity index (χ4v) is 3.70. The molecule has 2 aromatic rings. The van der Waals surface area contributed by atoms with E-state index in [1.54, 1.807) is 0 Å². The van der Waals surface area contributed by atoms with Gasteiger partial charge in [0.15, 0.2) is 0 Å². The Labute approximate surface area is 151 Å². The van der Waals surface area contributed by atoms with Crippen molar-refractivity contribution in [1.29, 1.82) is 0 Å². The summed E-state index contributed by atoms with van der Waals surface area (Å²) in [7, 11) is 0. The van der Waals surface area contributed by atoms with Crippen LogP contribution in [0.1, 0.15) is 28.8 Å². The van der Waals surface area contributed by atoms with E-state index in [0.717, 1.165) is 18.7 Å². The monoisotopic (exact) mass is 351 g/mol. The summed E-state index contributed by atoms with van der Waals surface area (Å²) in [5.41, 5.74) is 6.54. The highest BCUT2D eigenvalue weighted by Gasteiger charge is 2.57. The maximum absolute atomic E-state index is 12.5. The molecule has 1 aromatic heterocycles. The van der Waals surface area contributed by atoms with Crippen molar-refractivity contribution in [3.05, 3.63) is 53.9 Å². The van der Waals surface area contributed by atoms with Gasteiger partial charge in [0.05, 0.1) is 11.5 Å². The van der Waals surface area contributed by atoms with E-state index in [2.05, 4.69) is 20.2 Å². The molecule has 1 aliphatic heterocycles. The molecule has 0 radical (unpaired) electrons. The van der Waals surface area contributed by atoms with Gasteiger partial charge < -0.3 is 16.0 Å². The van der Waals surface area contributed by atoms with Crippen LogP contribution in [0, 0.1) is 11.8 Å². The third kappa shape index (κ3) is 3.00. The molecule has 3 unspecified atom stereocenters. The van der Waals surface area contributed by atoms with Crippen LogP contribution >= 0.6 is 0 Å². The second kappa shape index (κ2) is 6.40. The van der Waals surface area contributed by atoms with Crippen molar-refractivity contribution in [1.82, 2.24) is 15.3 Å². The van der Waals surface area contributed by atoms with Crippen LogP contribution in [0.15, 0.2) is 42.7 Å². The van der Waals surface area contributed by atoms with Gasteiger partial charge in [-0.2, -0.15) is 0 Å². The first-order valence-corrected chi connectivity index (χ1v) is 8.76. The van der Waals surface area contributed by atoms with Crippen molar-refractivity contribution in [3.63, 3.8) is 0 Å². The smallest absolute Gasteiger partial charge is 0.251 e. The maximum atomic E-state index is 12.5. The molecular formula is C19H21N5O2. The Hall–Kier alpha value is -2.96. The molecule has 1 saturated heterocycles. The molecule has 26 heavy (non-hydrogen) atoms. The summed E-state index contributed by atoms with van der Waals surface area (Å²) in [5, 5.41) is 3.18. The van der Waals surface area contributed by atoms with E-state index in [-0.39, 0.29) is 17.9 Å². The van der Waals surface area contributed by atoms with Crippen molar-refractivity contribution in [2.24, 2.45) is 17.6 Å². The minimum atomic E-state index is -0.531. The van der Waals surface area contributed by atoms with Crippen molar-refractivity contribution in [2.75, 3.05) is 18.0 Å². The minimum absolute atomic E-state index is 0.0733.